The van der Waals surface area contributed by atoms with Crippen LogP contribution in [-0.2, 0) is 0 Å². The Kier molecular flexibility index (Phi) is 4.02. The first kappa shape index (κ1) is 14.7. The maximum absolute atomic E-state index is 8.58. The number of nitrogens with zero attached hydrogens (tertiary/aromatic N) is 5. The molecule has 0 radical (unpaired) electrons. The molecule has 0 saturated heterocycles. The molecule has 3 aromatic rings. The fourth-order valence-electron chi connectivity index (χ4n) is 1.67. The zero-order valence-corrected chi connectivity index (χ0v) is 12.3. The number of anilines is 2. The number of pyridine rings is 2. The van der Waals surface area contributed by atoms with Gasteiger partial charge in [-0.15, -0.1) is 5.10 Å². The van der Waals surface area contributed by atoms with Gasteiger partial charge < -0.3 is 20.7 Å². The molecule has 0 aromatic carbocycles. The lowest BCUT2D eigenvalue weighted by molar-refractivity contribution is 0.318. The van der Waals surface area contributed by atoms with E-state index in [2.05, 4.69) is 30.6 Å². The maximum atomic E-state index is 8.58. The van der Waals surface area contributed by atoms with E-state index >= 15 is 0 Å². The summed E-state index contributed by atoms with van der Waals surface area (Å²) in [5.74, 6) is 0.177. The lowest BCUT2D eigenvalue weighted by Crippen LogP contribution is -2.14. The van der Waals surface area contributed by atoms with Crippen LogP contribution in [0.25, 0.3) is 11.6 Å². The van der Waals surface area contributed by atoms with Gasteiger partial charge in [0, 0.05) is 6.20 Å². The first-order valence-electron chi connectivity index (χ1n) is 6.32. The van der Waals surface area contributed by atoms with Crippen molar-refractivity contribution in [1.82, 2.24) is 20.2 Å². The lowest BCUT2D eigenvalue weighted by Gasteiger charge is -2.02. The average molecular weight is 332 g/mol. The molecule has 0 aliphatic heterocycles. The molecule has 0 aliphatic rings. The number of rotatable bonds is 4. The topological polar surface area (TPSA) is 135 Å². The predicted molar refractivity (Wildman–Crippen MR) is 82.6 cm³/mol. The summed E-state index contributed by atoms with van der Waals surface area (Å²) in [4.78, 5) is 8.12. The molecule has 0 unspecified atom stereocenters. The molecule has 0 bridgehead atoms. The molecule has 3 heterocycles. The van der Waals surface area contributed by atoms with E-state index in [1.54, 1.807) is 24.3 Å². The van der Waals surface area contributed by atoms with Crippen molar-refractivity contribution >= 4 is 29.1 Å². The van der Waals surface area contributed by atoms with E-state index in [9.17, 15) is 0 Å². The van der Waals surface area contributed by atoms with Crippen LogP contribution < -0.4 is 11.1 Å². The second kappa shape index (κ2) is 6.28. The van der Waals surface area contributed by atoms with Gasteiger partial charge in [-0.05, 0) is 24.3 Å². The van der Waals surface area contributed by atoms with Gasteiger partial charge in [-0.25, -0.2) is 4.98 Å². The molecule has 9 nitrogen and oxygen atoms in total. The third kappa shape index (κ3) is 3.35. The summed E-state index contributed by atoms with van der Waals surface area (Å²) in [5, 5.41) is 22.6. The van der Waals surface area contributed by atoms with Crippen molar-refractivity contribution in [2.75, 3.05) is 5.32 Å². The van der Waals surface area contributed by atoms with Crippen molar-refractivity contribution in [2.45, 2.75) is 0 Å². The van der Waals surface area contributed by atoms with E-state index in [1.165, 1.54) is 12.4 Å². The molecule has 0 amide bonds. The minimum atomic E-state index is -0.0783. The van der Waals surface area contributed by atoms with E-state index < -0.39 is 0 Å². The molecule has 0 atom stereocenters. The number of nitrogens with one attached hydrogen (secondary N) is 1. The van der Waals surface area contributed by atoms with Gasteiger partial charge in [0.2, 0.25) is 0 Å². The number of halogens is 1. The Labute approximate surface area is 134 Å². The van der Waals surface area contributed by atoms with Gasteiger partial charge in [0.25, 0.3) is 5.89 Å². The van der Waals surface area contributed by atoms with Crippen LogP contribution in [0.2, 0.25) is 5.02 Å². The average Bonchev–Trinajstić information content (AvgIpc) is 3.04. The molecule has 0 spiro atoms. The fourth-order valence-corrected chi connectivity index (χ4v) is 1.79. The van der Waals surface area contributed by atoms with Crippen LogP contribution in [0.15, 0.2) is 46.2 Å². The molecule has 0 aliphatic carbocycles. The predicted octanol–water partition coefficient (Wildman–Crippen LogP) is 2.02. The van der Waals surface area contributed by atoms with E-state index in [1.807, 2.05) is 0 Å². The zero-order chi connectivity index (χ0) is 16.2. The number of nitrogens with two attached hydrogens (primary N) is 1. The third-order valence-corrected chi connectivity index (χ3v) is 2.98. The van der Waals surface area contributed by atoms with Crippen LogP contribution >= 0.6 is 11.6 Å². The van der Waals surface area contributed by atoms with Gasteiger partial charge in [0.05, 0.1) is 16.9 Å². The van der Waals surface area contributed by atoms with Crippen molar-refractivity contribution < 1.29 is 9.62 Å². The summed E-state index contributed by atoms with van der Waals surface area (Å²) in [6.45, 7) is 0. The highest BCUT2D eigenvalue weighted by atomic mass is 35.5. The van der Waals surface area contributed by atoms with E-state index in [0.29, 0.717) is 22.1 Å². The molecule has 0 saturated carbocycles. The molecule has 0 fully saturated rings. The molecule has 4 N–H and O–H groups in total. The van der Waals surface area contributed by atoms with Crippen LogP contribution in [0.3, 0.4) is 0 Å². The summed E-state index contributed by atoms with van der Waals surface area (Å²) in [6, 6.07) is 6.78. The third-order valence-electron chi connectivity index (χ3n) is 2.76. The first-order valence-corrected chi connectivity index (χ1v) is 6.70. The zero-order valence-electron chi connectivity index (χ0n) is 11.5. The van der Waals surface area contributed by atoms with Gasteiger partial charge in [-0.3, -0.25) is 4.98 Å². The molecular formula is C13H10ClN7O2. The molecular weight excluding hydrogens is 322 g/mol. The summed E-state index contributed by atoms with van der Waals surface area (Å²) in [5.41, 5.74) is 6.88. The summed E-state index contributed by atoms with van der Waals surface area (Å²) < 4.78 is 5.46. The standard InChI is InChI=1S/C13H10ClN7O2/c14-7-1-3-10(16-5-7)12-19-20-13(23-12)18-8-2-4-9(17-6-8)11(15)21-22/h1-6,22H,(H2,15,21)(H,18,20). The van der Waals surface area contributed by atoms with E-state index in [0.717, 1.165) is 0 Å². The second-order valence-electron chi connectivity index (χ2n) is 4.32. The fraction of sp³-hybridized carbons (Fsp3) is 0. The Bertz CT molecular complexity index is 830. The smallest absolute Gasteiger partial charge is 0.320 e. The van der Waals surface area contributed by atoms with Crippen LogP contribution in [0.5, 0.6) is 0 Å². The van der Waals surface area contributed by atoms with E-state index in [-0.39, 0.29) is 17.7 Å². The Hall–Kier alpha value is -3.20. The number of aromatic nitrogens is 4. The van der Waals surface area contributed by atoms with Crippen LogP contribution in [-0.4, -0.2) is 31.2 Å². The van der Waals surface area contributed by atoms with Crippen molar-refractivity contribution in [3.05, 3.63) is 47.4 Å². The number of oxime groups is 1. The number of hydrogen-bond donors (Lipinski definition) is 3. The highest BCUT2D eigenvalue weighted by molar-refractivity contribution is 6.30. The van der Waals surface area contributed by atoms with Gasteiger partial charge in [0.15, 0.2) is 5.84 Å². The summed E-state index contributed by atoms with van der Waals surface area (Å²) in [6.07, 6.45) is 2.97. The highest BCUT2D eigenvalue weighted by Crippen LogP contribution is 2.21. The van der Waals surface area contributed by atoms with Crippen molar-refractivity contribution in [3.8, 4) is 11.6 Å². The number of hydrogen-bond acceptors (Lipinski definition) is 8. The molecule has 116 valence electrons. The molecule has 23 heavy (non-hydrogen) atoms. The number of amidine groups is 1. The van der Waals surface area contributed by atoms with E-state index in [4.69, 9.17) is 27.0 Å². The van der Waals surface area contributed by atoms with Gasteiger partial charge in [-0.1, -0.05) is 21.9 Å². The second-order valence-corrected chi connectivity index (χ2v) is 4.75. The Balaban J connectivity index is 1.75. The van der Waals surface area contributed by atoms with Gasteiger partial charge >= 0.3 is 6.01 Å². The maximum Gasteiger partial charge on any atom is 0.320 e. The molecule has 3 rings (SSSR count). The SMILES string of the molecule is N/C(=N/O)c1ccc(Nc2nnc(-c3ccc(Cl)cn3)o2)cn1. The minimum absolute atomic E-state index is 0.0783. The summed E-state index contributed by atoms with van der Waals surface area (Å²) >= 11 is 5.78. The quantitative estimate of drug-likeness (QED) is 0.286. The summed E-state index contributed by atoms with van der Waals surface area (Å²) in [7, 11) is 0. The minimum Gasteiger partial charge on any atom is -0.409 e. The Morgan fingerprint density at radius 2 is 2.04 bits per heavy atom. The Morgan fingerprint density at radius 1 is 1.17 bits per heavy atom. The Morgan fingerprint density at radius 3 is 2.70 bits per heavy atom. The van der Waals surface area contributed by atoms with Crippen LogP contribution in [0, 0.1) is 0 Å². The highest BCUT2D eigenvalue weighted by Gasteiger charge is 2.10. The first-order chi connectivity index (χ1) is 11.2. The van der Waals surface area contributed by atoms with Gasteiger partial charge in [0.1, 0.15) is 11.4 Å². The molecule has 10 heteroatoms. The molecule has 3 aromatic heterocycles. The van der Waals surface area contributed by atoms with Crippen molar-refractivity contribution in [2.24, 2.45) is 10.9 Å². The normalized spacial score (nSPS) is 11.4. The van der Waals surface area contributed by atoms with Crippen molar-refractivity contribution in [3.63, 3.8) is 0 Å². The van der Waals surface area contributed by atoms with Crippen LogP contribution in [0.1, 0.15) is 5.69 Å². The monoisotopic (exact) mass is 331 g/mol. The largest absolute Gasteiger partial charge is 0.409 e. The van der Waals surface area contributed by atoms with Gasteiger partial charge in [-0.2, -0.15) is 0 Å². The van der Waals surface area contributed by atoms with Crippen LogP contribution in [0.4, 0.5) is 11.7 Å². The lowest BCUT2D eigenvalue weighted by atomic mass is 10.3. The van der Waals surface area contributed by atoms with Crippen molar-refractivity contribution in [1.29, 1.82) is 0 Å².